The van der Waals surface area contributed by atoms with Gasteiger partial charge >= 0.3 is 7.82 Å². The highest BCUT2D eigenvalue weighted by molar-refractivity contribution is 7.48. The molecule has 0 amide bonds. The van der Waals surface area contributed by atoms with Crippen molar-refractivity contribution in [2.24, 2.45) is 0 Å². The predicted octanol–water partition coefficient (Wildman–Crippen LogP) is 0.646. The van der Waals surface area contributed by atoms with Gasteiger partial charge in [0.25, 0.3) is 0 Å². The van der Waals surface area contributed by atoms with Crippen molar-refractivity contribution in [3.05, 3.63) is 12.7 Å². The summed E-state index contributed by atoms with van der Waals surface area (Å²) in [6.07, 6.45) is 0.609. The van der Waals surface area contributed by atoms with Crippen LogP contribution in [0.5, 0.6) is 0 Å². The van der Waals surface area contributed by atoms with E-state index in [0.29, 0.717) is 0 Å². The number of rotatable bonds is 1. The fourth-order valence-corrected chi connectivity index (χ4v) is 1.07. The van der Waals surface area contributed by atoms with Gasteiger partial charge in [-0.3, -0.25) is 9.05 Å². The molecule has 0 unspecified atom stereocenters. The molecule has 1 aliphatic heterocycles. The van der Waals surface area contributed by atoms with E-state index in [9.17, 15) is 4.57 Å². The van der Waals surface area contributed by atoms with E-state index in [1.807, 2.05) is 0 Å². The van der Waals surface area contributed by atoms with E-state index in [-0.39, 0.29) is 0 Å². The van der Waals surface area contributed by atoms with Crippen molar-refractivity contribution in [3.63, 3.8) is 0 Å². The highest BCUT2D eigenvalue weighted by atomic mass is 31.2. The molecule has 0 saturated carbocycles. The summed E-state index contributed by atoms with van der Waals surface area (Å²) in [6.45, 7) is 3.27. The second kappa shape index (κ2) is 1.67. The molecular weight excluding hydrogens is 131 g/mol. The van der Waals surface area contributed by atoms with Crippen LogP contribution >= 0.6 is 7.82 Å². The van der Waals surface area contributed by atoms with Crippen LogP contribution in [0.3, 0.4) is 0 Å². The maximum atomic E-state index is 10.1. The Morgan fingerprint density at radius 1 is 1.75 bits per heavy atom. The first-order valence-corrected chi connectivity index (χ1v) is 3.46. The van der Waals surface area contributed by atoms with E-state index < -0.39 is 14.1 Å². The summed E-state index contributed by atoms with van der Waals surface area (Å²) in [5, 5.41) is 0. The van der Waals surface area contributed by atoms with Gasteiger partial charge in [-0.2, -0.15) is 0 Å². The third kappa shape index (κ3) is 0.980. The van der Waals surface area contributed by atoms with Crippen molar-refractivity contribution >= 4 is 7.82 Å². The van der Waals surface area contributed by atoms with Gasteiger partial charge in [-0.25, -0.2) is 4.57 Å². The van der Waals surface area contributed by atoms with Crippen LogP contribution in [0.4, 0.5) is 0 Å². The Kier molecular flexibility index (Phi) is 1.25. The quantitative estimate of drug-likeness (QED) is 0.424. The van der Waals surface area contributed by atoms with E-state index in [1.165, 1.54) is 6.08 Å². The van der Waals surface area contributed by atoms with Crippen molar-refractivity contribution < 1.29 is 18.5 Å². The lowest BCUT2D eigenvalue weighted by molar-refractivity contribution is -0.0844. The minimum Gasteiger partial charge on any atom is -0.302 e. The Hall–Kier alpha value is -0.150. The summed E-state index contributed by atoms with van der Waals surface area (Å²) in [7, 11) is -3.61. The van der Waals surface area contributed by atoms with Gasteiger partial charge in [-0.1, -0.05) is 6.58 Å². The highest BCUT2D eigenvalue weighted by Crippen LogP contribution is 2.55. The molecule has 4 nitrogen and oxygen atoms in total. The predicted molar refractivity (Wildman–Crippen MR) is 26.0 cm³/mol. The number of hydrogen-bond donors (Lipinski definition) is 1. The van der Waals surface area contributed by atoms with Gasteiger partial charge in [0.15, 0.2) is 6.29 Å². The van der Waals surface area contributed by atoms with Crippen molar-refractivity contribution in [1.82, 2.24) is 0 Å². The van der Waals surface area contributed by atoms with Gasteiger partial charge in [-0.15, -0.1) is 0 Å². The molecule has 0 aliphatic carbocycles. The van der Waals surface area contributed by atoms with Gasteiger partial charge in [0.1, 0.15) is 0 Å². The lowest BCUT2D eigenvalue weighted by Crippen LogP contribution is -2.22. The Balaban J connectivity index is 2.42. The van der Waals surface area contributed by atoms with Crippen LogP contribution in [-0.2, 0) is 13.6 Å². The third-order valence-electron chi connectivity index (χ3n) is 0.667. The molecule has 8 heavy (non-hydrogen) atoms. The zero-order valence-corrected chi connectivity index (χ0v) is 4.88. The highest BCUT2D eigenvalue weighted by Gasteiger charge is 2.39. The third-order valence-corrected chi connectivity index (χ3v) is 1.62. The Bertz CT molecular complexity index is 143. The van der Waals surface area contributed by atoms with Crippen LogP contribution < -0.4 is 0 Å². The molecule has 1 aliphatic rings. The molecule has 0 bridgehead atoms. The molecule has 0 aromatic rings. The van der Waals surface area contributed by atoms with Gasteiger partial charge in [-0.05, 0) is 6.08 Å². The molecule has 1 fully saturated rings. The summed E-state index contributed by atoms with van der Waals surface area (Å²) >= 11 is 0. The summed E-state index contributed by atoms with van der Waals surface area (Å²) in [5.41, 5.74) is 0. The minimum absolute atomic E-state index is 0.689. The van der Waals surface area contributed by atoms with Crippen molar-refractivity contribution in [2.75, 3.05) is 0 Å². The number of phosphoric ester groups is 1. The zero-order chi connectivity index (χ0) is 6.20. The Labute approximate surface area is 46.3 Å². The lowest BCUT2D eigenvalue weighted by atomic mass is 10.6. The van der Waals surface area contributed by atoms with Crippen molar-refractivity contribution in [3.8, 4) is 0 Å². The van der Waals surface area contributed by atoms with Gasteiger partial charge < -0.3 is 4.89 Å². The first-order chi connectivity index (χ1) is 3.64. The lowest BCUT2D eigenvalue weighted by Gasteiger charge is -2.27. The second-order valence-corrected chi connectivity index (χ2v) is 2.64. The Morgan fingerprint density at radius 3 is 2.38 bits per heavy atom. The topological polar surface area (TPSA) is 55.8 Å². The molecule has 0 spiro atoms. The SMILES string of the molecule is C=CC1OP(=O)(O)O1. The smallest absolute Gasteiger partial charge is 0.302 e. The largest absolute Gasteiger partial charge is 0.477 e. The van der Waals surface area contributed by atoms with Gasteiger partial charge in [0.2, 0.25) is 0 Å². The standard InChI is InChI=1S/C3H5O4P/c1-2-3-6-8(4,5)7-3/h2-3H,1H2,(H,4,5). The normalized spacial score (nSPS) is 45.4. The summed E-state index contributed by atoms with van der Waals surface area (Å²) in [6, 6.07) is 0. The minimum atomic E-state index is -3.61. The van der Waals surface area contributed by atoms with E-state index >= 15 is 0 Å². The Morgan fingerprint density at radius 2 is 2.25 bits per heavy atom. The number of hydrogen-bond acceptors (Lipinski definition) is 3. The van der Waals surface area contributed by atoms with E-state index in [1.54, 1.807) is 0 Å². The molecule has 1 N–H and O–H groups in total. The van der Waals surface area contributed by atoms with Crippen LogP contribution in [-0.4, -0.2) is 11.2 Å². The maximum Gasteiger partial charge on any atom is 0.477 e. The molecule has 0 radical (unpaired) electrons. The molecule has 5 heteroatoms. The molecular formula is C3H5O4P. The monoisotopic (exact) mass is 136 g/mol. The van der Waals surface area contributed by atoms with Crippen LogP contribution in [0.1, 0.15) is 0 Å². The van der Waals surface area contributed by atoms with Crippen molar-refractivity contribution in [2.45, 2.75) is 6.29 Å². The van der Waals surface area contributed by atoms with Gasteiger partial charge in [0, 0.05) is 0 Å². The summed E-state index contributed by atoms with van der Waals surface area (Å²) in [5.74, 6) is 0. The molecule has 0 aromatic carbocycles. The average molecular weight is 136 g/mol. The van der Waals surface area contributed by atoms with Crippen LogP contribution in [0.15, 0.2) is 12.7 Å². The second-order valence-electron chi connectivity index (χ2n) is 1.28. The average Bonchev–Trinajstić information content (AvgIpc) is 1.60. The first-order valence-electron chi connectivity index (χ1n) is 1.96. The van der Waals surface area contributed by atoms with Crippen LogP contribution in [0, 0.1) is 0 Å². The van der Waals surface area contributed by atoms with E-state index in [0.717, 1.165) is 0 Å². The van der Waals surface area contributed by atoms with E-state index in [4.69, 9.17) is 4.89 Å². The van der Waals surface area contributed by atoms with Crippen molar-refractivity contribution in [1.29, 1.82) is 0 Å². The molecule has 46 valence electrons. The van der Waals surface area contributed by atoms with Gasteiger partial charge in [0.05, 0.1) is 0 Å². The molecule has 1 heterocycles. The van der Waals surface area contributed by atoms with E-state index in [2.05, 4.69) is 15.6 Å². The number of phosphoric acid groups is 1. The van der Waals surface area contributed by atoms with Crippen LogP contribution in [0.2, 0.25) is 0 Å². The first kappa shape index (κ1) is 5.98. The summed E-state index contributed by atoms with van der Waals surface area (Å²) in [4.78, 5) is 8.28. The fourth-order valence-electron chi connectivity index (χ4n) is 0.357. The van der Waals surface area contributed by atoms with Crippen LogP contribution in [0.25, 0.3) is 0 Å². The molecule has 1 rings (SSSR count). The molecule has 0 aromatic heterocycles. The maximum absolute atomic E-state index is 10.1. The molecule has 1 saturated heterocycles. The molecule has 0 atom stereocenters. The summed E-state index contributed by atoms with van der Waals surface area (Å²) < 4.78 is 18.6. The zero-order valence-electron chi connectivity index (χ0n) is 3.98. The fraction of sp³-hybridized carbons (Fsp3) is 0.333.